The summed E-state index contributed by atoms with van der Waals surface area (Å²) in [5.74, 6) is -0.0351. The molecule has 0 amide bonds. The van der Waals surface area contributed by atoms with Crippen molar-refractivity contribution in [3.05, 3.63) is 35.1 Å². The minimum Gasteiger partial charge on any atom is -0.409 e. The SMILES string of the molecule is CN(Cc1cccc(/C(N)=N/O)c1F)CC1CCOCC1. The predicted octanol–water partition coefficient (Wildman–Crippen LogP) is 1.78. The summed E-state index contributed by atoms with van der Waals surface area (Å²) in [7, 11) is 1.98. The molecule has 0 radical (unpaired) electrons. The molecule has 5 nitrogen and oxygen atoms in total. The second kappa shape index (κ2) is 7.38. The van der Waals surface area contributed by atoms with Crippen molar-refractivity contribution in [1.82, 2.24) is 4.90 Å². The van der Waals surface area contributed by atoms with Crippen molar-refractivity contribution >= 4 is 5.84 Å². The Morgan fingerprint density at radius 3 is 2.86 bits per heavy atom. The van der Waals surface area contributed by atoms with Gasteiger partial charge in [-0.3, -0.25) is 0 Å². The lowest BCUT2D eigenvalue weighted by Gasteiger charge is -2.27. The van der Waals surface area contributed by atoms with Gasteiger partial charge in [0.15, 0.2) is 5.84 Å². The lowest BCUT2D eigenvalue weighted by atomic mass is 9.99. The average molecular weight is 295 g/mol. The van der Waals surface area contributed by atoms with Crippen LogP contribution in [0.5, 0.6) is 0 Å². The Kier molecular flexibility index (Phi) is 5.52. The molecular weight excluding hydrogens is 273 g/mol. The molecule has 1 aliphatic rings. The Labute approximate surface area is 124 Å². The van der Waals surface area contributed by atoms with Gasteiger partial charge in [-0.05, 0) is 31.9 Å². The molecule has 0 bridgehead atoms. The normalized spacial score (nSPS) is 17.4. The lowest BCUT2D eigenvalue weighted by molar-refractivity contribution is 0.0548. The summed E-state index contributed by atoms with van der Waals surface area (Å²) < 4.78 is 19.7. The summed E-state index contributed by atoms with van der Waals surface area (Å²) in [6.45, 7) is 3.03. The topological polar surface area (TPSA) is 71.1 Å². The standard InChI is InChI=1S/C15H22FN3O2/c1-19(9-11-5-7-21-8-6-11)10-12-3-2-4-13(14(12)16)15(17)18-20/h2-4,11,20H,5-10H2,1H3,(H2,17,18). The van der Waals surface area contributed by atoms with E-state index in [0.717, 1.165) is 32.6 Å². The number of ether oxygens (including phenoxy) is 1. The molecule has 0 saturated carbocycles. The summed E-state index contributed by atoms with van der Waals surface area (Å²) in [5.41, 5.74) is 6.16. The number of hydrogen-bond acceptors (Lipinski definition) is 4. The number of hydrogen-bond donors (Lipinski definition) is 2. The van der Waals surface area contributed by atoms with Crippen molar-refractivity contribution in [3.63, 3.8) is 0 Å². The largest absolute Gasteiger partial charge is 0.409 e. The van der Waals surface area contributed by atoms with E-state index < -0.39 is 5.82 Å². The van der Waals surface area contributed by atoms with Gasteiger partial charge in [0.2, 0.25) is 0 Å². The van der Waals surface area contributed by atoms with E-state index in [1.54, 1.807) is 12.1 Å². The van der Waals surface area contributed by atoms with Crippen molar-refractivity contribution in [2.24, 2.45) is 16.8 Å². The van der Waals surface area contributed by atoms with E-state index in [2.05, 4.69) is 10.1 Å². The predicted molar refractivity (Wildman–Crippen MR) is 78.8 cm³/mol. The number of halogens is 1. The van der Waals surface area contributed by atoms with E-state index in [9.17, 15) is 4.39 Å². The molecule has 3 N–H and O–H groups in total. The van der Waals surface area contributed by atoms with Crippen LogP contribution in [0.2, 0.25) is 0 Å². The molecule has 1 aromatic carbocycles. The molecule has 1 saturated heterocycles. The Balaban J connectivity index is 2.01. The molecule has 1 aliphatic heterocycles. The van der Waals surface area contributed by atoms with Crippen LogP contribution in [0.4, 0.5) is 4.39 Å². The summed E-state index contributed by atoms with van der Waals surface area (Å²) in [6.07, 6.45) is 2.11. The molecule has 0 atom stereocenters. The van der Waals surface area contributed by atoms with Gasteiger partial charge in [0.25, 0.3) is 0 Å². The van der Waals surface area contributed by atoms with Crippen molar-refractivity contribution in [1.29, 1.82) is 0 Å². The molecular formula is C15H22FN3O2. The van der Waals surface area contributed by atoms with Crippen LogP contribution in [0.25, 0.3) is 0 Å². The van der Waals surface area contributed by atoms with Crippen LogP contribution in [0.1, 0.15) is 24.0 Å². The van der Waals surface area contributed by atoms with Crippen LogP contribution in [-0.4, -0.2) is 42.7 Å². The molecule has 116 valence electrons. The van der Waals surface area contributed by atoms with Gasteiger partial charge in [-0.2, -0.15) is 0 Å². The second-order valence-electron chi connectivity index (χ2n) is 5.52. The van der Waals surface area contributed by atoms with Crippen molar-refractivity contribution < 1.29 is 14.3 Å². The molecule has 0 spiro atoms. The zero-order valence-corrected chi connectivity index (χ0v) is 12.3. The third kappa shape index (κ3) is 4.15. The van der Waals surface area contributed by atoms with Crippen LogP contribution < -0.4 is 5.73 Å². The van der Waals surface area contributed by atoms with Gasteiger partial charge in [-0.1, -0.05) is 17.3 Å². The molecule has 2 rings (SSSR count). The molecule has 1 aromatic rings. The van der Waals surface area contributed by atoms with Gasteiger partial charge >= 0.3 is 0 Å². The number of rotatable bonds is 5. The first-order valence-corrected chi connectivity index (χ1v) is 7.13. The quantitative estimate of drug-likeness (QED) is 0.376. The third-order valence-electron chi connectivity index (χ3n) is 3.81. The molecule has 6 heteroatoms. The smallest absolute Gasteiger partial charge is 0.173 e. The molecule has 0 aromatic heterocycles. The first-order valence-electron chi connectivity index (χ1n) is 7.13. The monoisotopic (exact) mass is 295 g/mol. The third-order valence-corrected chi connectivity index (χ3v) is 3.81. The van der Waals surface area contributed by atoms with Crippen molar-refractivity contribution in [2.45, 2.75) is 19.4 Å². The summed E-state index contributed by atoms with van der Waals surface area (Å²) in [6, 6.07) is 4.95. The molecule has 1 heterocycles. The number of nitrogens with zero attached hydrogens (tertiary/aromatic N) is 2. The fourth-order valence-corrected chi connectivity index (χ4v) is 2.68. The van der Waals surface area contributed by atoms with E-state index in [1.807, 2.05) is 7.05 Å². The van der Waals surface area contributed by atoms with Gasteiger partial charge in [0.1, 0.15) is 5.82 Å². The summed E-state index contributed by atoms with van der Waals surface area (Å²) in [4.78, 5) is 2.10. The van der Waals surface area contributed by atoms with Gasteiger partial charge in [-0.15, -0.1) is 0 Å². The Hall–Kier alpha value is -1.66. The van der Waals surface area contributed by atoms with Crippen molar-refractivity contribution in [3.8, 4) is 0 Å². The highest BCUT2D eigenvalue weighted by molar-refractivity contribution is 5.97. The maximum Gasteiger partial charge on any atom is 0.173 e. The first kappa shape index (κ1) is 15.7. The van der Waals surface area contributed by atoms with Crippen molar-refractivity contribution in [2.75, 3.05) is 26.8 Å². The highest BCUT2D eigenvalue weighted by atomic mass is 19.1. The maximum absolute atomic E-state index is 14.3. The second-order valence-corrected chi connectivity index (χ2v) is 5.52. The van der Waals surface area contributed by atoms with Gasteiger partial charge in [-0.25, -0.2) is 4.39 Å². The Morgan fingerprint density at radius 2 is 2.19 bits per heavy atom. The zero-order chi connectivity index (χ0) is 15.2. The van der Waals surface area contributed by atoms with E-state index in [1.165, 1.54) is 6.07 Å². The Bertz CT molecular complexity index is 502. The molecule has 0 aliphatic carbocycles. The highest BCUT2D eigenvalue weighted by Gasteiger charge is 2.17. The van der Waals surface area contributed by atoms with Gasteiger partial charge < -0.3 is 20.6 Å². The van der Waals surface area contributed by atoms with E-state index in [0.29, 0.717) is 18.0 Å². The Morgan fingerprint density at radius 1 is 1.48 bits per heavy atom. The van der Waals surface area contributed by atoms with E-state index in [-0.39, 0.29) is 11.4 Å². The van der Waals surface area contributed by atoms with Gasteiger partial charge in [0, 0.05) is 31.9 Å². The van der Waals surface area contributed by atoms with Crippen LogP contribution in [-0.2, 0) is 11.3 Å². The number of amidine groups is 1. The minimum atomic E-state index is -0.424. The maximum atomic E-state index is 14.3. The summed E-state index contributed by atoms with van der Waals surface area (Å²) in [5, 5.41) is 11.5. The lowest BCUT2D eigenvalue weighted by Crippen LogP contribution is -2.29. The van der Waals surface area contributed by atoms with E-state index >= 15 is 0 Å². The van der Waals surface area contributed by atoms with Crippen LogP contribution >= 0.6 is 0 Å². The minimum absolute atomic E-state index is 0.134. The molecule has 1 fully saturated rings. The van der Waals surface area contributed by atoms with Gasteiger partial charge in [0.05, 0.1) is 5.56 Å². The van der Waals surface area contributed by atoms with Crippen LogP contribution in [0, 0.1) is 11.7 Å². The highest BCUT2D eigenvalue weighted by Crippen LogP contribution is 2.18. The fraction of sp³-hybridized carbons (Fsp3) is 0.533. The summed E-state index contributed by atoms with van der Waals surface area (Å²) >= 11 is 0. The zero-order valence-electron chi connectivity index (χ0n) is 12.3. The number of nitrogens with two attached hydrogens (primary N) is 1. The van der Waals surface area contributed by atoms with Crippen LogP contribution in [0.3, 0.4) is 0 Å². The molecule has 0 unspecified atom stereocenters. The van der Waals surface area contributed by atoms with Crippen LogP contribution in [0.15, 0.2) is 23.4 Å². The fourth-order valence-electron chi connectivity index (χ4n) is 2.68. The molecule has 21 heavy (non-hydrogen) atoms. The number of oxime groups is 1. The van der Waals surface area contributed by atoms with E-state index in [4.69, 9.17) is 15.7 Å². The number of benzene rings is 1. The average Bonchev–Trinajstić information content (AvgIpc) is 2.49. The first-order chi connectivity index (χ1) is 10.1.